The average Bonchev–Trinajstić information content (AvgIpc) is 3.02. The van der Waals surface area contributed by atoms with E-state index in [9.17, 15) is 4.79 Å². The van der Waals surface area contributed by atoms with Gasteiger partial charge in [-0.15, -0.1) is 0 Å². The van der Waals surface area contributed by atoms with Crippen LogP contribution in [0.2, 0.25) is 0 Å². The molecule has 0 saturated carbocycles. The van der Waals surface area contributed by atoms with E-state index in [0.29, 0.717) is 10.6 Å². The number of H-pyrrole nitrogens is 1. The van der Waals surface area contributed by atoms with Gasteiger partial charge in [-0.3, -0.25) is 14.5 Å². The summed E-state index contributed by atoms with van der Waals surface area (Å²) in [6.45, 7) is 4.19. The van der Waals surface area contributed by atoms with Gasteiger partial charge in [0.15, 0.2) is 10.6 Å². The van der Waals surface area contributed by atoms with E-state index in [-0.39, 0.29) is 18.5 Å². The van der Waals surface area contributed by atoms with Crippen LogP contribution in [0.25, 0.3) is 11.4 Å². The van der Waals surface area contributed by atoms with E-state index < -0.39 is 0 Å². The summed E-state index contributed by atoms with van der Waals surface area (Å²) in [6, 6.07) is 16.3. The maximum Gasteiger partial charge on any atom is 0.240 e. The molecule has 5 nitrogen and oxygen atoms in total. The predicted octanol–water partition coefficient (Wildman–Crippen LogP) is 4.82. The van der Waals surface area contributed by atoms with Gasteiger partial charge in [0, 0.05) is 16.1 Å². The summed E-state index contributed by atoms with van der Waals surface area (Å²) in [4.78, 5) is 12.5. The minimum absolute atomic E-state index is 0.0695. The van der Waals surface area contributed by atoms with Crippen LogP contribution in [-0.4, -0.2) is 26.7 Å². The number of nitrogens with zero attached hydrogens (tertiary/aromatic N) is 2. The van der Waals surface area contributed by atoms with Crippen molar-refractivity contribution in [2.24, 2.45) is 0 Å². The van der Waals surface area contributed by atoms with Crippen molar-refractivity contribution in [2.45, 2.75) is 39.3 Å². The molecule has 0 aliphatic carbocycles. The SMILES string of the molecule is Cc1ccc(-c2n[nH]c(=S)n2CC(=O)NC(C)CCc2ccc(Br)cc2)cc1. The number of amides is 1. The normalized spacial score (nSPS) is 12.0. The molecule has 2 N–H and O–H groups in total. The number of hydrogen-bond acceptors (Lipinski definition) is 3. The first-order valence-corrected chi connectivity index (χ1v) is 10.4. The Hall–Kier alpha value is -2.25. The number of rotatable bonds is 7. The number of carbonyl (C=O) groups is 1. The lowest BCUT2D eigenvalue weighted by molar-refractivity contribution is -0.122. The molecule has 1 atom stereocenters. The van der Waals surface area contributed by atoms with Crippen molar-refractivity contribution >= 4 is 34.1 Å². The van der Waals surface area contributed by atoms with Crippen molar-refractivity contribution < 1.29 is 4.79 Å². The smallest absolute Gasteiger partial charge is 0.240 e. The second-order valence-corrected chi connectivity index (χ2v) is 8.24. The van der Waals surface area contributed by atoms with E-state index in [0.717, 1.165) is 22.9 Å². The highest BCUT2D eigenvalue weighted by atomic mass is 79.9. The number of halogens is 1. The number of carbonyl (C=O) groups excluding carboxylic acids is 1. The summed E-state index contributed by atoms with van der Waals surface area (Å²) in [6.07, 6.45) is 1.78. The van der Waals surface area contributed by atoms with Crippen LogP contribution in [0.5, 0.6) is 0 Å². The third-order valence-electron chi connectivity index (χ3n) is 4.56. The summed E-state index contributed by atoms with van der Waals surface area (Å²) in [5, 5.41) is 10.1. The quantitative estimate of drug-likeness (QED) is 0.499. The second kappa shape index (κ2) is 9.30. The van der Waals surface area contributed by atoms with E-state index in [4.69, 9.17) is 12.2 Å². The van der Waals surface area contributed by atoms with Crippen LogP contribution in [0.1, 0.15) is 24.5 Å². The standard InChI is InChI=1S/C21H23BrN4OS/c1-14-3-9-17(10-4-14)20-24-25-21(28)26(20)13-19(27)23-15(2)5-6-16-7-11-18(22)12-8-16/h3-4,7-12,15H,5-6,13H2,1-2H3,(H,23,27)(H,25,28). The molecular formula is C21H23BrN4OS. The minimum atomic E-state index is -0.0748. The monoisotopic (exact) mass is 458 g/mol. The number of aryl methyl sites for hydroxylation is 2. The summed E-state index contributed by atoms with van der Waals surface area (Å²) in [5.41, 5.74) is 3.35. The highest BCUT2D eigenvalue weighted by Gasteiger charge is 2.14. The van der Waals surface area contributed by atoms with Crippen LogP contribution in [-0.2, 0) is 17.8 Å². The molecule has 0 fully saturated rings. The topological polar surface area (TPSA) is 62.7 Å². The van der Waals surface area contributed by atoms with Gasteiger partial charge in [-0.1, -0.05) is 57.9 Å². The molecule has 0 spiro atoms. The lowest BCUT2D eigenvalue weighted by atomic mass is 10.1. The molecule has 3 rings (SSSR count). The van der Waals surface area contributed by atoms with Gasteiger partial charge in [-0.25, -0.2) is 0 Å². The number of nitrogens with one attached hydrogen (secondary N) is 2. The van der Waals surface area contributed by atoms with E-state index in [1.807, 2.05) is 50.2 Å². The highest BCUT2D eigenvalue weighted by molar-refractivity contribution is 9.10. The fourth-order valence-corrected chi connectivity index (χ4v) is 3.42. The van der Waals surface area contributed by atoms with Crippen molar-refractivity contribution in [1.82, 2.24) is 20.1 Å². The first kappa shape index (κ1) is 20.5. The van der Waals surface area contributed by atoms with Gasteiger partial charge in [0.2, 0.25) is 5.91 Å². The lowest BCUT2D eigenvalue weighted by Gasteiger charge is -2.15. The molecule has 3 aromatic rings. The number of hydrogen-bond donors (Lipinski definition) is 2. The Morgan fingerprint density at radius 2 is 1.89 bits per heavy atom. The summed E-state index contributed by atoms with van der Waals surface area (Å²) in [5.74, 6) is 0.594. The van der Waals surface area contributed by atoms with Gasteiger partial charge < -0.3 is 5.32 Å². The fraction of sp³-hybridized carbons (Fsp3) is 0.286. The molecule has 146 valence electrons. The number of benzene rings is 2. The Labute approximate surface area is 178 Å². The fourth-order valence-electron chi connectivity index (χ4n) is 2.96. The lowest BCUT2D eigenvalue weighted by Crippen LogP contribution is -2.35. The molecule has 0 bridgehead atoms. The maximum absolute atomic E-state index is 12.5. The van der Waals surface area contributed by atoms with E-state index >= 15 is 0 Å². The van der Waals surface area contributed by atoms with Gasteiger partial charge in [-0.2, -0.15) is 5.10 Å². The molecule has 28 heavy (non-hydrogen) atoms. The molecule has 0 saturated heterocycles. The van der Waals surface area contributed by atoms with Crippen LogP contribution in [0.15, 0.2) is 53.0 Å². The van der Waals surface area contributed by atoms with Crippen LogP contribution < -0.4 is 5.32 Å². The Morgan fingerprint density at radius 3 is 2.57 bits per heavy atom. The van der Waals surface area contributed by atoms with Crippen molar-refractivity contribution in [3.05, 3.63) is 68.9 Å². The third-order valence-corrected chi connectivity index (χ3v) is 5.40. The summed E-state index contributed by atoms with van der Waals surface area (Å²) >= 11 is 8.76. The third kappa shape index (κ3) is 5.39. The molecule has 0 radical (unpaired) electrons. The second-order valence-electron chi connectivity index (χ2n) is 6.94. The molecule has 0 aliphatic rings. The van der Waals surface area contributed by atoms with E-state index in [1.54, 1.807) is 4.57 Å². The Bertz CT molecular complexity index is 992. The van der Waals surface area contributed by atoms with Crippen molar-refractivity contribution in [1.29, 1.82) is 0 Å². The van der Waals surface area contributed by atoms with E-state index in [1.165, 1.54) is 11.1 Å². The van der Waals surface area contributed by atoms with Crippen molar-refractivity contribution in [2.75, 3.05) is 0 Å². The zero-order chi connectivity index (χ0) is 20.1. The van der Waals surface area contributed by atoms with Crippen molar-refractivity contribution in [3.63, 3.8) is 0 Å². The van der Waals surface area contributed by atoms with Crippen LogP contribution in [0.3, 0.4) is 0 Å². The molecule has 7 heteroatoms. The first-order chi connectivity index (χ1) is 13.4. The van der Waals surface area contributed by atoms with Gasteiger partial charge in [0.25, 0.3) is 0 Å². The summed E-state index contributed by atoms with van der Waals surface area (Å²) in [7, 11) is 0. The van der Waals surface area contributed by atoms with Gasteiger partial charge >= 0.3 is 0 Å². The highest BCUT2D eigenvalue weighted by Crippen LogP contribution is 2.18. The molecular weight excluding hydrogens is 436 g/mol. The minimum Gasteiger partial charge on any atom is -0.352 e. The zero-order valence-corrected chi connectivity index (χ0v) is 18.3. The number of aromatic amines is 1. The van der Waals surface area contributed by atoms with E-state index in [2.05, 4.69) is 43.6 Å². The average molecular weight is 459 g/mol. The largest absolute Gasteiger partial charge is 0.352 e. The van der Waals surface area contributed by atoms with Crippen LogP contribution in [0.4, 0.5) is 0 Å². The van der Waals surface area contributed by atoms with Crippen LogP contribution in [0, 0.1) is 11.7 Å². The first-order valence-electron chi connectivity index (χ1n) is 9.18. The molecule has 1 aromatic heterocycles. The van der Waals surface area contributed by atoms with Gasteiger partial charge in [-0.05, 0) is 56.6 Å². The molecule has 1 heterocycles. The Balaban J connectivity index is 1.60. The van der Waals surface area contributed by atoms with Crippen LogP contribution >= 0.6 is 28.1 Å². The zero-order valence-electron chi connectivity index (χ0n) is 15.9. The molecule has 2 aromatic carbocycles. The number of aromatic nitrogens is 3. The Kier molecular flexibility index (Phi) is 6.80. The Morgan fingerprint density at radius 1 is 1.21 bits per heavy atom. The molecule has 1 amide bonds. The predicted molar refractivity (Wildman–Crippen MR) is 118 cm³/mol. The van der Waals surface area contributed by atoms with Gasteiger partial charge in [0.1, 0.15) is 6.54 Å². The molecule has 1 unspecified atom stereocenters. The van der Waals surface area contributed by atoms with Crippen molar-refractivity contribution in [3.8, 4) is 11.4 Å². The van der Waals surface area contributed by atoms with Gasteiger partial charge in [0.05, 0.1) is 0 Å². The summed E-state index contributed by atoms with van der Waals surface area (Å²) < 4.78 is 3.24. The molecule has 0 aliphatic heterocycles. The maximum atomic E-state index is 12.5.